The van der Waals surface area contributed by atoms with Crippen LogP contribution in [0, 0.1) is 30.6 Å². The Balaban J connectivity index is 1.46. The van der Waals surface area contributed by atoms with Gasteiger partial charge < -0.3 is 38.3 Å². The number of Topliss-reactive ketones (excluding diaryl/α,β-unsaturated/α-hetero) is 2. The molecule has 16 heteroatoms. The van der Waals surface area contributed by atoms with Crippen molar-refractivity contribution in [2.24, 2.45) is 23.7 Å². The van der Waals surface area contributed by atoms with Crippen LogP contribution in [-0.4, -0.2) is 135 Å². The molecule has 2 aromatic rings. The second-order valence-electron chi connectivity index (χ2n) is 17.7. The van der Waals surface area contributed by atoms with E-state index < -0.39 is 83.4 Å². The molecule has 338 valence electrons. The van der Waals surface area contributed by atoms with Crippen LogP contribution in [0.2, 0.25) is 5.15 Å². The van der Waals surface area contributed by atoms with Crippen LogP contribution in [-0.2, 0) is 44.6 Å². The van der Waals surface area contributed by atoms with Crippen LogP contribution in [0.5, 0.6) is 0 Å². The predicted molar refractivity (Wildman–Crippen MR) is 229 cm³/mol. The summed E-state index contributed by atoms with van der Waals surface area (Å²) in [5.74, 6) is -5.26. The van der Waals surface area contributed by atoms with E-state index in [4.69, 9.17) is 35.3 Å². The molecule has 0 aromatic carbocycles. The second kappa shape index (κ2) is 19.8. The van der Waals surface area contributed by atoms with Gasteiger partial charge in [0.05, 0.1) is 35.9 Å². The Kier molecular flexibility index (Phi) is 15.6. The molecule has 0 bridgehead atoms. The number of amides is 1. The maximum atomic E-state index is 14.8. The van der Waals surface area contributed by atoms with E-state index in [0.717, 1.165) is 17.0 Å². The number of imidazole rings is 1. The highest BCUT2D eigenvalue weighted by Crippen LogP contribution is 2.44. The van der Waals surface area contributed by atoms with Crippen LogP contribution in [0.1, 0.15) is 86.3 Å². The molecular formula is C45H66ClN5O10. The number of hydrogen-bond donors (Lipinski definition) is 1. The second-order valence-corrected chi connectivity index (χ2v) is 18.1. The van der Waals surface area contributed by atoms with Crippen LogP contribution in [0.15, 0.2) is 37.3 Å². The molecule has 0 radical (unpaired) electrons. The normalized spacial score (nSPS) is 35.4. The largest absolute Gasteiger partial charge is 0.457 e. The summed E-state index contributed by atoms with van der Waals surface area (Å²) in [6, 6.07) is 2.39. The van der Waals surface area contributed by atoms with Gasteiger partial charge in [-0.25, -0.2) is 14.8 Å². The van der Waals surface area contributed by atoms with Gasteiger partial charge in [0.1, 0.15) is 29.1 Å². The van der Waals surface area contributed by atoms with Gasteiger partial charge in [-0.1, -0.05) is 45.9 Å². The number of carbonyl (C=O) groups is 4. The summed E-state index contributed by atoms with van der Waals surface area (Å²) in [5, 5.41) is 11.9. The molecule has 15 nitrogen and oxygen atoms in total. The Labute approximate surface area is 365 Å². The SMILES string of the molecule is C=C[C@]12OC(=O)N(CCCCn3cnc(-c4ccc(Cl)nc4)c3C)[C@@H]1[C@@H](C)C(=O)[C@H](C)C[C@](C)(OC)[C@H](OC1O[C@H](C)C[C@H](N(C)C)[C@H]1O)[C@@H](C)C(=O)[C@@H](C)C(=O)O[C@@H]2CC. The van der Waals surface area contributed by atoms with E-state index >= 15 is 0 Å². The zero-order valence-corrected chi connectivity index (χ0v) is 38.4. The number of aromatic nitrogens is 3. The first-order chi connectivity index (χ1) is 28.7. The Morgan fingerprint density at radius 3 is 2.34 bits per heavy atom. The van der Waals surface area contributed by atoms with Crippen LogP contribution in [0.3, 0.4) is 0 Å². The van der Waals surface area contributed by atoms with Crippen LogP contribution in [0.25, 0.3) is 11.3 Å². The minimum absolute atomic E-state index is 0.0986. The fraction of sp³-hybridized carbons (Fsp3) is 0.689. The maximum absolute atomic E-state index is 14.8. The first-order valence-corrected chi connectivity index (χ1v) is 21.9. The summed E-state index contributed by atoms with van der Waals surface area (Å²) in [7, 11) is 5.22. The molecule has 1 amide bonds. The van der Waals surface area contributed by atoms with Crippen molar-refractivity contribution in [3.63, 3.8) is 0 Å². The lowest BCUT2D eigenvalue weighted by molar-refractivity contribution is -0.295. The number of carbonyl (C=O) groups excluding carboxylic acids is 4. The summed E-state index contributed by atoms with van der Waals surface area (Å²) in [6.45, 7) is 19.0. The summed E-state index contributed by atoms with van der Waals surface area (Å²) < 4.78 is 33.4. The number of rotatable bonds is 12. The monoisotopic (exact) mass is 871 g/mol. The van der Waals surface area contributed by atoms with Crippen molar-refractivity contribution in [1.29, 1.82) is 0 Å². The molecule has 1 unspecified atom stereocenters. The van der Waals surface area contributed by atoms with E-state index in [9.17, 15) is 24.3 Å². The summed E-state index contributed by atoms with van der Waals surface area (Å²) in [5.41, 5.74) is -0.310. The number of methoxy groups -OCH3 is 1. The fourth-order valence-electron chi connectivity index (χ4n) is 9.72. The molecule has 2 aromatic heterocycles. The van der Waals surface area contributed by atoms with Gasteiger partial charge in [-0.2, -0.15) is 0 Å². The van der Waals surface area contributed by atoms with Crippen molar-refractivity contribution in [3.05, 3.63) is 48.2 Å². The van der Waals surface area contributed by atoms with Gasteiger partial charge in [-0.3, -0.25) is 19.3 Å². The van der Waals surface area contributed by atoms with Crippen LogP contribution < -0.4 is 0 Å². The highest BCUT2D eigenvalue weighted by molar-refractivity contribution is 6.29. The van der Waals surface area contributed by atoms with E-state index in [1.54, 1.807) is 58.1 Å². The van der Waals surface area contributed by atoms with Crippen LogP contribution >= 0.6 is 11.6 Å². The number of aryl methyl sites for hydroxylation is 1. The predicted octanol–water partition coefficient (Wildman–Crippen LogP) is 6.06. The van der Waals surface area contributed by atoms with Gasteiger partial charge in [0, 0.05) is 61.4 Å². The summed E-state index contributed by atoms with van der Waals surface area (Å²) in [6.07, 6.45) is 1.72. The lowest BCUT2D eigenvalue weighted by Gasteiger charge is -2.47. The summed E-state index contributed by atoms with van der Waals surface area (Å²) >= 11 is 5.99. The first kappa shape index (κ1) is 48.3. The number of unbranched alkanes of at least 4 members (excludes halogenated alkanes) is 1. The number of hydrogen-bond acceptors (Lipinski definition) is 13. The van der Waals surface area contributed by atoms with E-state index in [2.05, 4.69) is 16.5 Å². The van der Waals surface area contributed by atoms with Crippen molar-refractivity contribution in [2.45, 2.75) is 148 Å². The lowest BCUT2D eigenvalue weighted by Crippen LogP contribution is -2.60. The van der Waals surface area contributed by atoms with Gasteiger partial charge in [0.15, 0.2) is 17.7 Å². The third kappa shape index (κ3) is 9.77. The molecule has 3 aliphatic heterocycles. The molecule has 3 aliphatic rings. The van der Waals surface area contributed by atoms with Crippen molar-refractivity contribution in [3.8, 4) is 11.3 Å². The van der Waals surface area contributed by atoms with Gasteiger partial charge in [-0.05, 0) is 92.1 Å². The van der Waals surface area contributed by atoms with Gasteiger partial charge in [0.2, 0.25) is 0 Å². The molecule has 0 saturated carbocycles. The molecule has 61 heavy (non-hydrogen) atoms. The summed E-state index contributed by atoms with van der Waals surface area (Å²) in [4.78, 5) is 69.6. The number of aliphatic hydroxyl groups is 1. The Hall–Kier alpha value is -3.73. The standard InChI is InChI=1S/C45H66ClN5O10/c1-13-33-45(14-2)39(51(43(56)61-45)20-16-15-19-50-24-48-35(30(50)8)31-17-18-34(46)47-23-31)27(5)36(52)25(3)22-44(9,57-12)40(28(6)37(53)29(7)41(55)59-33)60-42-38(54)32(49(10)11)21-26(4)58-42/h14,17-18,23-29,32-33,38-40,42,54H,2,13,15-16,19-22H2,1,3-12H3/t25-,26-,27+,28+,29-,32+,33-,38-,39-,40-,42?,44+,45-/m1/s1. The number of fused-ring (bicyclic) bond motifs is 1. The van der Waals surface area contributed by atoms with Gasteiger partial charge in [0.25, 0.3) is 0 Å². The minimum Gasteiger partial charge on any atom is -0.457 e. The first-order valence-electron chi connectivity index (χ1n) is 21.5. The molecule has 1 N–H and O–H groups in total. The molecule has 13 atom stereocenters. The maximum Gasteiger partial charge on any atom is 0.411 e. The average Bonchev–Trinajstić information content (AvgIpc) is 3.74. The number of esters is 1. The highest BCUT2D eigenvalue weighted by Gasteiger charge is 2.61. The zero-order chi connectivity index (χ0) is 45.1. The number of halogens is 1. The molecule has 5 heterocycles. The Morgan fingerprint density at radius 2 is 1.74 bits per heavy atom. The molecule has 3 saturated heterocycles. The average molecular weight is 873 g/mol. The quantitative estimate of drug-likeness (QED) is 0.0860. The third-order valence-corrected chi connectivity index (χ3v) is 13.5. The van der Waals surface area contributed by atoms with Crippen molar-refractivity contribution in [1.82, 2.24) is 24.3 Å². The van der Waals surface area contributed by atoms with Gasteiger partial charge in [-0.15, -0.1) is 0 Å². The molecule has 3 fully saturated rings. The Bertz CT molecular complexity index is 1890. The van der Waals surface area contributed by atoms with Gasteiger partial charge >= 0.3 is 12.1 Å². The number of likely N-dealkylation sites (N-methyl/N-ethyl adjacent to an activating group) is 1. The number of cyclic esters (lactones) is 1. The molecule has 5 rings (SSSR count). The topological polar surface area (TPSA) is 172 Å². The minimum atomic E-state index is -1.61. The van der Waals surface area contributed by atoms with Crippen LogP contribution in [0.4, 0.5) is 4.79 Å². The number of ether oxygens (including phenoxy) is 5. The van der Waals surface area contributed by atoms with Crippen molar-refractivity contribution < 1.29 is 48.0 Å². The number of nitrogens with zero attached hydrogens (tertiary/aromatic N) is 5. The van der Waals surface area contributed by atoms with E-state index in [1.807, 2.05) is 43.5 Å². The van der Waals surface area contributed by atoms with E-state index in [0.29, 0.717) is 31.0 Å². The van der Waals surface area contributed by atoms with Crippen molar-refractivity contribution >= 4 is 35.2 Å². The molecule has 0 aliphatic carbocycles. The van der Waals surface area contributed by atoms with Crippen molar-refractivity contribution in [2.75, 3.05) is 27.7 Å². The zero-order valence-electron chi connectivity index (χ0n) is 37.6. The number of ketones is 2. The third-order valence-electron chi connectivity index (χ3n) is 13.3. The highest BCUT2D eigenvalue weighted by atomic mass is 35.5. The lowest BCUT2D eigenvalue weighted by atomic mass is 9.72. The van der Waals surface area contributed by atoms with E-state index in [1.165, 1.54) is 20.1 Å². The molecule has 0 spiro atoms. The number of aliphatic hydroxyl groups excluding tert-OH is 1. The molecular weight excluding hydrogens is 806 g/mol. The number of pyridine rings is 1. The van der Waals surface area contributed by atoms with E-state index in [-0.39, 0.29) is 37.3 Å². The fourth-order valence-corrected chi connectivity index (χ4v) is 9.83. The Morgan fingerprint density at radius 1 is 1.05 bits per heavy atom. The smallest absolute Gasteiger partial charge is 0.411 e.